The zero-order chi connectivity index (χ0) is 15.9. The molecule has 0 radical (unpaired) electrons. The Morgan fingerprint density at radius 2 is 1.91 bits per heavy atom. The standard InChI is InChI=1S/C16H23N5S/c1-4-7-15-18-19-16(22)21(15)17-12-13-8-10-14(11-9-13)20(5-2)6-3/h8-12H,4-7H2,1-3H3,(H,19,22)/b17-12-. The van der Waals surface area contributed by atoms with Crippen molar-refractivity contribution in [2.24, 2.45) is 5.10 Å². The van der Waals surface area contributed by atoms with Gasteiger partial charge in [0.05, 0.1) is 6.21 Å². The molecule has 2 aromatic rings. The van der Waals surface area contributed by atoms with E-state index < -0.39 is 0 Å². The molecule has 0 amide bonds. The number of H-pyrrole nitrogens is 1. The van der Waals surface area contributed by atoms with E-state index in [1.165, 1.54) is 5.69 Å². The molecule has 0 saturated carbocycles. The fraction of sp³-hybridized carbons (Fsp3) is 0.438. The SMILES string of the molecule is CCCc1n[nH]c(=S)n1/N=C\c1ccc(N(CC)CC)cc1. The molecule has 22 heavy (non-hydrogen) atoms. The number of anilines is 1. The van der Waals surface area contributed by atoms with Crippen LogP contribution in [0.25, 0.3) is 0 Å². The molecule has 118 valence electrons. The van der Waals surface area contributed by atoms with Crippen LogP contribution in [0.15, 0.2) is 29.4 Å². The number of rotatable bonds is 7. The lowest BCUT2D eigenvalue weighted by molar-refractivity contribution is 0.740. The highest BCUT2D eigenvalue weighted by Gasteiger charge is 2.03. The van der Waals surface area contributed by atoms with Crippen molar-refractivity contribution in [3.63, 3.8) is 0 Å². The summed E-state index contributed by atoms with van der Waals surface area (Å²) in [6.45, 7) is 8.45. The summed E-state index contributed by atoms with van der Waals surface area (Å²) in [7, 11) is 0. The van der Waals surface area contributed by atoms with E-state index in [4.69, 9.17) is 12.2 Å². The van der Waals surface area contributed by atoms with Gasteiger partial charge >= 0.3 is 0 Å². The van der Waals surface area contributed by atoms with Gasteiger partial charge in [-0.3, -0.25) is 5.10 Å². The Hall–Kier alpha value is -1.95. The maximum absolute atomic E-state index is 5.21. The zero-order valence-corrected chi connectivity index (χ0v) is 14.2. The predicted octanol–water partition coefficient (Wildman–Crippen LogP) is 3.62. The molecule has 1 heterocycles. The summed E-state index contributed by atoms with van der Waals surface area (Å²) < 4.78 is 2.22. The molecule has 0 atom stereocenters. The van der Waals surface area contributed by atoms with E-state index in [-0.39, 0.29) is 0 Å². The minimum absolute atomic E-state index is 0.527. The highest BCUT2D eigenvalue weighted by molar-refractivity contribution is 7.71. The number of aromatic amines is 1. The molecule has 0 bridgehead atoms. The van der Waals surface area contributed by atoms with Gasteiger partial charge in [0.1, 0.15) is 0 Å². The maximum atomic E-state index is 5.21. The smallest absolute Gasteiger partial charge is 0.216 e. The summed E-state index contributed by atoms with van der Waals surface area (Å²) in [5, 5.41) is 11.4. The van der Waals surface area contributed by atoms with E-state index in [0.29, 0.717) is 4.77 Å². The molecule has 0 aliphatic carbocycles. The summed E-state index contributed by atoms with van der Waals surface area (Å²) in [6.07, 6.45) is 3.68. The minimum atomic E-state index is 0.527. The first-order valence-corrected chi connectivity index (χ1v) is 8.16. The van der Waals surface area contributed by atoms with Gasteiger partial charge in [0.15, 0.2) is 5.82 Å². The van der Waals surface area contributed by atoms with Gasteiger partial charge in [0.25, 0.3) is 0 Å². The number of aromatic nitrogens is 3. The Morgan fingerprint density at radius 3 is 2.50 bits per heavy atom. The maximum Gasteiger partial charge on any atom is 0.216 e. The number of nitrogens with one attached hydrogen (secondary N) is 1. The molecular formula is C16H23N5S. The lowest BCUT2D eigenvalue weighted by Gasteiger charge is -2.20. The van der Waals surface area contributed by atoms with E-state index in [2.05, 4.69) is 65.2 Å². The average Bonchev–Trinajstić information content (AvgIpc) is 2.88. The first-order chi connectivity index (χ1) is 10.7. The highest BCUT2D eigenvalue weighted by atomic mass is 32.1. The summed E-state index contributed by atoms with van der Waals surface area (Å²) in [4.78, 5) is 2.31. The van der Waals surface area contributed by atoms with Crippen molar-refractivity contribution in [1.29, 1.82) is 0 Å². The van der Waals surface area contributed by atoms with E-state index in [1.807, 2.05) is 6.21 Å². The summed E-state index contributed by atoms with van der Waals surface area (Å²) in [5.74, 6) is 0.864. The molecule has 1 N–H and O–H groups in total. The van der Waals surface area contributed by atoms with Crippen LogP contribution in [0.4, 0.5) is 5.69 Å². The van der Waals surface area contributed by atoms with Crippen LogP contribution in [0.2, 0.25) is 0 Å². The van der Waals surface area contributed by atoms with Crippen molar-refractivity contribution in [2.45, 2.75) is 33.6 Å². The number of aryl methyl sites for hydroxylation is 1. The monoisotopic (exact) mass is 317 g/mol. The Bertz CT molecular complexity index is 665. The Morgan fingerprint density at radius 1 is 1.23 bits per heavy atom. The van der Waals surface area contributed by atoms with Crippen LogP contribution in [-0.2, 0) is 6.42 Å². The predicted molar refractivity (Wildman–Crippen MR) is 94.4 cm³/mol. The van der Waals surface area contributed by atoms with Gasteiger partial charge in [-0.25, -0.2) is 0 Å². The normalized spacial score (nSPS) is 11.2. The van der Waals surface area contributed by atoms with Gasteiger partial charge in [-0.2, -0.15) is 14.9 Å². The fourth-order valence-corrected chi connectivity index (χ4v) is 2.51. The highest BCUT2D eigenvalue weighted by Crippen LogP contribution is 2.14. The first-order valence-electron chi connectivity index (χ1n) is 7.75. The van der Waals surface area contributed by atoms with Gasteiger partial charge < -0.3 is 4.90 Å². The van der Waals surface area contributed by atoms with Crippen molar-refractivity contribution >= 4 is 24.1 Å². The molecule has 0 aliphatic heterocycles. The second-order valence-corrected chi connectivity index (χ2v) is 5.40. The van der Waals surface area contributed by atoms with Crippen LogP contribution in [0.3, 0.4) is 0 Å². The van der Waals surface area contributed by atoms with Crippen molar-refractivity contribution < 1.29 is 0 Å². The molecule has 0 saturated heterocycles. The molecule has 0 unspecified atom stereocenters. The van der Waals surface area contributed by atoms with Crippen molar-refractivity contribution in [2.75, 3.05) is 18.0 Å². The molecular weight excluding hydrogens is 294 g/mol. The Labute approximate surface area is 136 Å². The van der Waals surface area contributed by atoms with Crippen LogP contribution in [-0.4, -0.2) is 34.2 Å². The fourth-order valence-electron chi connectivity index (χ4n) is 2.31. The van der Waals surface area contributed by atoms with Crippen molar-refractivity contribution in [1.82, 2.24) is 14.9 Å². The number of benzene rings is 1. The Balaban J connectivity index is 2.17. The second-order valence-electron chi connectivity index (χ2n) is 5.02. The minimum Gasteiger partial charge on any atom is -0.372 e. The van der Waals surface area contributed by atoms with Gasteiger partial charge in [-0.1, -0.05) is 19.1 Å². The topological polar surface area (TPSA) is 49.2 Å². The third kappa shape index (κ3) is 3.82. The quantitative estimate of drug-likeness (QED) is 0.627. The molecule has 1 aromatic carbocycles. The second kappa shape index (κ2) is 7.89. The molecule has 2 rings (SSSR count). The summed E-state index contributed by atoms with van der Waals surface area (Å²) >= 11 is 5.21. The van der Waals surface area contributed by atoms with Gasteiger partial charge in [0.2, 0.25) is 4.77 Å². The number of nitrogens with zero attached hydrogens (tertiary/aromatic N) is 4. The largest absolute Gasteiger partial charge is 0.372 e. The van der Waals surface area contributed by atoms with Gasteiger partial charge in [0, 0.05) is 25.2 Å². The third-order valence-electron chi connectivity index (χ3n) is 3.54. The van der Waals surface area contributed by atoms with Crippen LogP contribution < -0.4 is 4.90 Å². The molecule has 0 aliphatic rings. The van der Waals surface area contributed by atoms with Crippen LogP contribution in [0.1, 0.15) is 38.6 Å². The Kier molecular flexibility index (Phi) is 5.89. The van der Waals surface area contributed by atoms with Gasteiger partial charge in [-0.15, -0.1) is 0 Å². The molecule has 6 heteroatoms. The van der Waals surface area contributed by atoms with Crippen molar-refractivity contribution in [3.05, 3.63) is 40.4 Å². The number of hydrogen-bond donors (Lipinski definition) is 1. The van der Waals surface area contributed by atoms with Crippen molar-refractivity contribution in [3.8, 4) is 0 Å². The average molecular weight is 317 g/mol. The molecule has 0 spiro atoms. The van der Waals surface area contributed by atoms with Crippen LogP contribution in [0.5, 0.6) is 0 Å². The third-order valence-corrected chi connectivity index (χ3v) is 3.80. The molecule has 0 fully saturated rings. The van der Waals surface area contributed by atoms with E-state index in [0.717, 1.165) is 37.3 Å². The molecule has 5 nitrogen and oxygen atoms in total. The lowest BCUT2D eigenvalue weighted by Crippen LogP contribution is -2.21. The lowest BCUT2D eigenvalue weighted by atomic mass is 10.2. The van der Waals surface area contributed by atoms with E-state index in [1.54, 1.807) is 4.68 Å². The summed E-state index contributed by atoms with van der Waals surface area (Å²) in [5.41, 5.74) is 2.27. The van der Waals surface area contributed by atoms with Crippen LogP contribution in [0, 0.1) is 4.77 Å². The van der Waals surface area contributed by atoms with Gasteiger partial charge in [-0.05, 0) is 50.2 Å². The van der Waals surface area contributed by atoms with Crippen LogP contribution >= 0.6 is 12.2 Å². The summed E-state index contributed by atoms with van der Waals surface area (Å²) in [6, 6.07) is 8.38. The number of hydrogen-bond acceptors (Lipinski definition) is 4. The molecule has 1 aromatic heterocycles. The zero-order valence-electron chi connectivity index (χ0n) is 13.4. The van der Waals surface area contributed by atoms with E-state index in [9.17, 15) is 0 Å². The van der Waals surface area contributed by atoms with E-state index >= 15 is 0 Å². The first kappa shape index (κ1) is 16.4.